The Hall–Kier alpha value is -1.51. The van der Waals surface area contributed by atoms with Crippen LogP contribution in [0.5, 0.6) is 5.75 Å². The number of carbonyl (C=O) groups is 1. The fourth-order valence-electron chi connectivity index (χ4n) is 2.44. The molecule has 2 rings (SSSR count). The zero-order valence-electron chi connectivity index (χ0n) is 11.1. The standard InChI is InChI=1S/C15H21NO2/c1-3-11(4-2)15(17)16-13-9-10-18-14-8-6-5-7-12(13)14/h5-8,11,13H,3-4,9-10H2,1-2H3,(H,16,17). The van der Waals surface area contributed by atoms with E-state index in [1.807, 2.05) is 24.3 Å². The summed E-state index contributed by atoms with van der Waals surface area (Å²) in [5.41, 5.74) is 1.10. The molecule has 3 nitrogen and oxygen atoms in total. The van der Waals surface area contributed by atoms with Gasteiger partial charge in [0.05, 0.1) is 12.6 Å². The number of amides is 1. The molecule has 0 radical (unpaired) electrons. The Morgan fingerprint density at radius 1 is 1.39 bits per heavy atom. The van der Waals surface area contributed by atoms with Crippen LogP contribution in [0.25, 0.3) is 0 Å². The SMILES string of the molecule is CCC(CC)C(=O)NC1CCOc2ccccc21. The van der Waals surface area contributed by atoms with Gasteiger partial charge in [0.25, 0.3) is 0 Å². The Morgan fingerprint density at radius 2 is 2.11 bits per heavy atom. The molecule has 0 saturated heterocycles. The van der Waals surface area contributed by atoms with Gasteiger partial charge in [-0.3, -0.25) is 4.79 Å². The number of carbonyl (C=O) groups excluding carboxylic acids is 1. The summed E-state index contributed by atoms with van der Waals surface area (Å²) in [5, 5.41) is 3.16. The fraction of sp³-hybridized carbons (Fsp3) is 0.533. The maximum Gasteiger partial charge on any atom is 0.223 e. The van der Waals surface area contributed by atoms with Crippen LogP contribution in [0.4, 0.5) is 0 Å². The van der Waals surface area contributed by atoms with Crippen molar-refractivity contribution in [1.82, 2.24) is 5.32 Å². The van der Waals surface area contributed by atoms with Crippen LogP contribution in [-0.2, 0) is 4.79 Å². The molecule has 1 aliphatic heterocycles. The van der Waals surface area contributed by atoms with Gasteiger partial charge in [-0.25, -0.2) is 0 Å². The molecule has 18 heavy (non-hydrogen) atoms. The van der Waals surface area contributed by atoms with Gasteiger partial charge in [-0.05, 0) is 18.9 Å². The predicted octanol–water partition coefficient (Wildman–Crippen LogP) is 3.06. The molecule has 1 aliphatic rings. The molecule has 0 spiro atoms. The van der Waals surface area contributed by atoms with Crippen molar-refractivity contribution >= 4 is 5.91 Å². The number of ether oxygens (including phenoxy) is 1. The Labute approximate surface area is 109 Å². The van der Waals surface area contributed by atoms with E-state index in [1.165, 1.54) is 0 Å². The highest BCUT2D eigenvalue weighted by molar-refractivity contribution is 5.79. The lowest BCUT2D eigenvalue weighted by Crippen LogP contribution is -2.36. The minimum Gasteiger partial charge on any atom is -0.493 e. The van der Waals surface area contributed by atoms with E-state index in [0.717, 1.165) is 30.6 Å². The van der Waals surface area contributed by atoms with E-state index in [9.17, 15) is 4.79 Å². The number of benzene rings is 1. The van der Waals surface area contributed by atoms with Crippen molar-refractivity contribution < 1.29 is 9.53 Å². The van der Waals surface area contributed by atoms with Gasteiger partial charge in [-0.2, -0.15) is 0 Å². The van der Waals surface area contributed by atoms with Crippen LogP contribution in [-0.4, -0.2) is 12.5 Å². The molecule has 1 amide bonds. The third-order valence-corrected chi connectivity index (χ3v) is 3.63. The number of hydrogen-bond acceptors (Lipinski definition) is 2. The van der Waals surface area contributed by atoms with Crippen molar-refractivity contribution in [2.24, 2.45) is 5.92 Å². The number of nitrogens with one attached hydrogen (secondary N) is 1. The summed E-state index contributed by atoms with van der Waals surface area (Å²) >= 11 is 0. The predicted molar refractivity (Wildman–Crippen MR) is 71.5 cm³/mol. The van der Waals surface area contributed by atoms with E-state index in [-0.39, 0.29) is 17.9 Å². The smallest absolute Gasteiger partial charge is 0.223 e. The molecule has 0 bridgehead atoms. The Bertz CT molecular complexity index is 413. The summed E-state index contributed by atoms with van der Waals surface area (Å²) in [6.07, 6.45) is 2.64. The molecule has 3 heteroatoms. The third kappa shape index (κ3) is 2.66. The Kier molecular flexibility index (Phi) is 4.24. The third-order valence-electron chi connectivity index (χ3n) is 3.63. The van der Waals surface area contributed by atoms with Crippen molar-refractivity contribution in [2.45, 2.75) is 39.2 Å². The van der Waals surface area contributed by atoms with Gasteiger partial charge < -0.3 is 10.1 Å². The topological polar surface area (TPSA) is 38.3 Å². The van der Waals surface area contributed by atoms with Crippen molar-refractivity contribution in [3.05, 3.63) is 29.8 Å². The molecule has 98 valence electrons. The van der Waals surface area contributed by atoms with Crippen LogP contribution in [0.15, 0.2) is 24.3 Å². The van der Waals surface area contributed by atoms with Gasteiger partial charge in [0.15, 0.2) is 0 Å². The number of fused-ring (bicyclic) bond motifs is 1. The second-order valence-electron chi connectivity index (χ2n) is 4.75. The van der Waals surface area contributed by atoms with Gasteiger partial charge in [-0.1, -0.05) is 32.0 Å². The minimum absolute atomic E-state index is 0.100. The average molecular weight is 247 g/mol. The second-order valence-corrected chi connectivity index (χ2v) is 4.75. The van der Waals surface area contributed by atoms with E-state index in [1.54, 1.807) is 0 Å². The van der Waals surface area contributed by atoms with Crippen LogP contribution in [0.3, 0.4) is 0 Å². The van der Waals surface area contributed by atoms with Crippen LogP contribution in [0.2, 0.25) is 0 Å². The summed E-state index contributed by atoms with van der Waals surface area (Å²) in [6.45, 7) is 4.79. The van der Waals surface area contributed by atoms with Gasteiger partial charge in [0, 0.05) is 17.9 Å². The van der Waals surface area contributed by atoms with Gasteiger partial charge in [-0.15, -0.1) is 0 Å². The first kappa shape index (κ1) is 12.9. The fourth-order valence-corrected chi connectivity index (χ4v) is 2.44. The molecule has 1 aromatic rings. The summed E-state index contributed by atoms with van der Waals surface area (Å²) in [6, 6.07) is 8.05. The summed E-state index contributed by atoms with van der Waals surface area (Å²) in [7, 11) is 0. The first-order valence-corrected chi connectivity index (χ1v) is 6.78. The number of hydrogen-bond donors (Lipinski definition) is 1. The molecule has 1 heterocycles. The van der Waals surface area contributed by atoms with E-state index < -0.39 is 0 Å². The van der Waals surface area contributed by atoms with Crippen molar-refractivity contribution in [3.8, 4) is 5.75 Å². The zero-order valence-corrected chi connectivity index (χ0v) is 11.1. The molecular formula is C15H21NO2. The van der Waals surface area contributed by atoms with Gasteiger partial charge in [0.1, 0.15) is 5.75 Å². The summed E-state index contributed by atoms with van der Waals surface area (Å²) in [4.78, 5) is 12.1. The zero-order chi connectivity index (χ0) is 13.0. The van der Waals surface area contributed by atoms with Crippen LogP contribution in [0, 0.1) is 5.92 Å². The molecule has 1 unspecified atom stereocenters. The molecule has 1 N–H and O–H groups in total. The van der Waals surface area contributed by atoms with Gasteiger partial charge >= 0.3 is 0 Å². The van der Waals surface area contributed by atoms with Crippen molar-refractivity contribution in [3.63, 3.8) is 0 Å². The van der Waals surface area contributed by atoms with Crippen LogP contribution >= 0.6 is 0 Å². The first-order valence-electron chi connectivity index (χ1n) is 6.78. The van der Waals surface area contributed by atoms with E-state index in [4.69, 9.17) is 4.74 Å². The maximum atomic E-state index is 12.1. The number of rotatable bonds is 4. The highest BCUT2D eigenvalue weighted by atomic mass is 16.5. The Balaban J connectivity index is 2.09. The summed E-state index contributed by atoms with van der Waals surface area (Å²) in [5.74, 6) is 1.19. The van der Waals surface area contributed by atoms with E-state index >= 15 is 0 Å². The molecule has 1 atom stereocenters. The molecule has 0 saturated carbocycles. The molecule has 0 fully saturated rings. The lowest BCUT2D eigenvalue weighted by atomic mass is 9.97. The Morgan fingerprint density at radius 3 is 2.83 bits per heavy atom. The van der Waals surface area contributed by atoms with Crippen molar-refractivity contribution in [1.29, 1.82) is 0 Å². The highest BCUT2D eigenvalue weighted by Crippen LogP contribution is 2.31. The van der Waals surface area contributed by atoms with Crippen LogP contribution in [0.1, 0.15) is 44.7 Å². The van der Waals surface area contributed by atoms with Crippen LogP contribution < -0.4 is 10.1 Å². The number of para-hydroxylation sites is 1. The molecule has 1 aromatic carbocycles. The average Bonchev–Trinajstić information content (AvgIpc) is 2.40. The minimum atomic E-state index is 0.100. The first-order chi connectivity index (χ1) is 8.76. The monoisotopic (exact) mass is 247 g/mol. The lowest BCUT2D eigenvalue weighted by molar-refractivity contribution is -0.126. The second kappa shape index (κ2) is 5.89. The van der Waals surface area contributed by atoms with Gasteiger partial charge in [0.2, 0.25) is 5.91 Å². The summed E-state index contributed by atoms with van der Waals surface area (Å²) < 4.78 is 5.60. The normalized spacial score (nSPS) is 18.1. The molecular weight excluding hydrogens is 226 g/mol. The largest absolute Gasteiger partial charge is 0.493 e. The molecule has 0 aliphatic carbocycles. The highest BCUT2D eigenvalue weighted by Gasteiger charge is 2.24. The van der Waals surface area contributed by atoms with Crippen molar-refractivity contribution in [2.75, 3.05) is 6.61 Å². The van der Waals surface area contributed by atoms with E-state index in [2.05, 4.69) is 19.2 Å². The lowest BCUT2D eigenvalue weighted by Gasteiger charge is -2.28. The quantitative estimate of drug-likeness (QED) is 0.888. The van der Waals surface area contributed by atoms with E-state index in [0.29, 0.717) is 6.61 Å². The maximum absolute atomic E-state index is 12.1. The molecule has 0 aromatic heterocycles.